The molecule has 0 radical (unpaired) electrons. The van der Waals surface area contributed by atoms with Gasteiger partial charge in [-0.25, -0.2) is 0 Å². The molecule has 1 aromatic carbocycles. The second-order valence-corrected chi connectivity index (χ2v) is 5.61. The molecule has 0 amide bonds. The molecule has 1 fully saturated rings. The number of hydrogen-bond donors (Lipinski definition) is 2. The van der Waals surface area contributed by atoms with Crippen molar-refractivity contribution in [2.45, 2.75) is 51.0 Å². The van der Waals surface area contributed by atoms with E-state index in [0.717, 1.165) is 12.2 Å². The van der Waals surface area contributed by atoms with Gasteiger partial charge >= 0.3 is 0 Å². The Labute approximate surface area is 150 Å². The lowest BCUT2D eigenvalue weighted by atomic mass is 10.1. The van der Waals surface area contributed by atoms with Crippen LogP contribution < -0.4 is 15.8 Å². The summed E-state index contributed by atoms with van der Waals surface area (Å²) in [6.45, 7) is 1.38. The van der Waals surface area contributed by atoms with Crippen molar-refractivity contribution >= 4 is 29.9 Å². The Bertz CT molecular complexity index is 417. The summed E-state index contributed by atoms with van der Waals surface area (Å²) in [5.41, 5.74) is 5.95. The van der Waals surface area contributed by atoms with Gasteiger partial charge in [0.2, 0.25) is 0 Å². The quantitative estimate of drug-likeness (QED) is 0.244. The first-order valence-corrected chi connectivity index (χ1v) is 8.09. The molecular weight excluding hydrogens is 389 g/mol. The Morgan fingerprint density at radius 2 is 1.82 bits per heavy atom. The second-order valence-electron chi connectivity index (χ2n) is 5.61. The SMILES string of the molecule is I.NC(=NCCCOc1ccccc1)NC1CCCCCC1. The van der Waals surface area contributed by atoms with Gasteiger partial charge in [0.25, 0.3) is 0 Å². The van der Waals surface area contributed by atoms with Crippen LogP contribution in [0.15, 0.2) is 35.3 Å². The van der Waals surface area contributed by atoms with Crippen molar-refractivity contribution in [3.05, 3.63) is 30.3 Å². The van der Waals surface area contributed by atoms with Gasteiger partial charge in [-0.15, -0.1) is 24.0 Å². The zero-order chi connectivity index (χ0) is 14.8. The van der Waals surface area contributed by atoms with Gasteiger partial charge in [-0.1, -0.05) is 43.9 Å². The first-order chi connectivity index (χ1) is 10.3. The lowest BCUT2D eigenvalue weighted by Crippen LogP contribution is -2.39. The number of nitrogens with one attached hydrogen (secondary N) is 1. The van der Waals surface area contributed by atoms with Crippen molar-refractivity contribution in [2.24, 2.45) is 10.7 Å². The molecule has 0 bridgehead atoms. The van der Waals surface area contributed by atoms with Crippen molar-refractivity contribution in [3.8, 4) is 5.75 Å². The maximum Gasteiger partial charge on any atom is 0.188 e. The van der Waals surface area contributed by atoms with E-state index in [1.807, 2.05) is 30.3 Å². The number of rotatable bonds is 6. The molecule has 0 aromatic heterocycles. The Hall–Kier alpha value is -0.980. The van der Waals surface area contributed by atoms with E-state index >= 15 is 0 Å². The maximum atomic E-state index is 5.95. The summed E-state index contributed by atoms with van der Waals surface area (Å²) < 4.78 is 5.62. The van der Waals surface area contributed by atoms with Crippen LogP contribution in [-0.4, -0.2) is 25.2 Å². The molecule has 1 aliphatic carbocycles. The van der Waals surface area contributed by atoms with Crippen molar-refractivity contribution < 1.29 is 4.74 Å². The van der Waals surface area contributed by atoms with Crippen LogP contribution in [0.4, 0.5) is 0 Å². The molecule has 0 aliphatic heterocycles. The number of guanidine groups is 1. The van der Waals surface area contributed by atoms with Crippen molar-refractivity contribution in [1.29, 1.82) is 0 Å². The number of para-hydroxylation sites is 1. The summed E-state index contributed by atoms with van der Waals surface area (Å²) in [7, 11) is 0. The topological polar surface area (TPSA) is 59.6 Å². The summed E-state index contributed by atoms with van der Waals surface area (Å²) in [5, 5.41) is 3.35. The van der Waals surface area contributed by atoms with E-state index in [4.69, 9.17) is 10.5 Å². The predicted octanol–water partition coefficient (Wildman–Crippen LogP) is 3.70. The molecule has 0 atom stereocenters. The van der Waals surface area contributed by atoms with Crippen LogP contribution in [0.2, 0.25) is 0 Å². The van der Waals surface area contributed by atoms with E-state index in [0.29, 0.717) is 25.2 Å². The molecule has 124 valence electrons. The third-order valence-corrected chi connectivity index (χ3v) is 3.80. The minimum absolute atomic E-state index is 0. The minimum Gasteiger partial charge on any atom is -0.494 e. The van der Waals surface area contributed by atoms with Crippen molar-refractivity contribution in [3.63, 3.8) is 0 Å². The van der Waals surface area contributed by atoms with E-state index in [1.165, 1.54) is 38.5 Å². The lowest BCUT2D eigenvalue weighted by molar-refractivity contribution is 0.313. The van der Waals surface area contributed by atoms with Crippen molar-refractivity contribution in [2.75, 3.05) is 13.2 Å². The fraction of sp³-hybridized carbons (Fsp3) is 0.588. The number of aliphatic imine (C=N–C) groups is 1. The summed E-state index contributed by atoms with van der Waals surface area (Å²) in [6, 6.07) is 10.4. The molecule has 2 rings (SSSR count). The van der Waals surface area contributed by atoms with Crippen LogP contribution in [-0.2, 0) is 0 Å². The average Bonchev–Trinajstić information content (AvgIpc) is 2.76. The molecule has 1 saturated carbocycles. The Morgan fingerprint density at radius 3 is 2.50 bits per heavy atom. The number of hydrogen-bond acceptors (Lipinski definition) is 2. The Morgan fingerprint density at radius 1 is 1.14 bits per heavy atom. The van der Waals surface area contributed by atoms with E-state index in [9.17, 15) is 0 Å². The molecule has 0 saturated heterocycles. The number of benzene rings is 1. The highest BCUT2D eigenvalue weighted by molar-refractivity contribution is 14.0. The van der Waals surface area contributed by atoms with Gasteiger partial charge in [-0.3, -0.25) is 4.99 Å². The van der Waals surface area contributed by atoms with E-state index < -0.39 is 0 Å². The van der Waals surface area contributed by atoms with Gasteiger partial charge < -0.3 is 15.8 Å². The third kappa shape index (κ3) is 7.87. The van der Waals surface area contributed by atoms with Gasteiger partial charge in [0.05, 0.1) is 6.61 Å². The summed E-state index contributed by atoms with van der Waals surface area (Å²) in [4.78, 5) is 4.38. The maximum absolute atomic E-state index is 5.95. The highest BCUT2D eigenvalue weighted by atomic mass is 127. The fourth-order valence-corrected chi connectivity index (χ4v) is 2.65. The number of ether oxygens (including phenoxy) is 1. The van der Waals surface area contributed by atoms with E-state index in [2.05, 4.69) is 10.3 Å². The molecule has 0 heterocycles. The normalized spacial score (nSPS) is 16.5. The summed E-state index contributed by atoms with van der Waals surface area (Å²) in [5.74, 6) is 1.49. The minimum atomic E-state index is 0. The van der Waals surface area contributed by atoms with E-state index in [1.54, 1.807) is 0 Å². The molecule has 5 heteroatoms. The molecule has 3 N–H and O–H groups in total. The van der Waals surface area contributed by atoms with Gasteiger partial charge in [0.1, 0.15) is 5.75 Å². The standard InChI is InChI=1S/C17H27N3O.HI/c18-17(20-15-9-4-1-2-5-10-15)19-13-8-14-21-16-11-6-3-7-12-16;/h3,6-7,11-12,15H,1-2,4-5,8-10,13-14H2,(H3,18,19,20);1H. The number of halogens is 1. The first-order valence-electron chi connectivity index (χ1n) is 8.09. The smallest absolute Gasteiger partial charge is 0.188 e. The predicted molar refractivity (Wildman–Crippen MR) is 103 cm³/mol. The van der Waals surface area contributed by atoms with Crippen LogP contribution in [0.1, 0.15) is 44.9 Å². The summed E-state index contributed by atoms with van der Waals surface area (Å²) in [6.07, 6.45) is 8.62. The largest absolute Gasteiger partial charge is 0.494 e. The zero-order valence-corrected chi connectivity index (χ0v) is 15.5. The van der Waals surface area contributed by atoms with Crippen LogP contribution >= 0.6 is 24.0 Å². The highest BCUT2D eigenvalue weighted by Crippen LogP contribution is 2.16. The van der Waals surface area contributed by atoms with Crippen LogP contribution in [0.5, 0.6) is 5.75 Å². The third-order valence-electron chi connectivity index (χ3n) is 3.80. The van der Waals surface area contributed by atoms with Gasteiger partial charge in [-0.05, 0) is 25.0 Å². The first kappa shape index (κ1) is 19.1. The number of nitrogens with zero attached hydrogens (tertiary/aromatic N) is 1. The second kappa shape index (κ2) is 11.6. The molecule has 0 spiro atoms. The van der Waals surface area contributed by atoms with Crippen LogP contribution in [0, 0.1) is 0 Å². The molecule has 1 aromatic rings. The van der Waals surface area contributed by atoms with Gasteiger partial charge in [-0.2, -0.15) is 0 Å². The zero-order valence-electron chi connectivity index (χ0n) is 13.2. The lowest BCUT2D eigenvalue weighted by Gasteiger charge is -2.16. The monoisotopic (exact) mass is 417 g/mol. The van der Waals surface area contributed by atoms with Gasteiger partial charge in [0, 0.05) is 19.0 Å². The Balaban J connectivity index is 0.00000242. The summed E-state index contributed by atoms with van der Waals surface area (Å²) >= 11 is 0. The highest BCUT2D eigenvalue weighted by Gasteiger charge is 2.11. The van der Waals surface area contributed by atoms with Crippen LogP contribution in [0.3, 0.4) is 0 Å². The Kier molecular flexibility index (Phi) is 10.0. The van der Waals surface area contributed by atoms with Gasteiger partial charge in [0.15, 0.2) is 5.96 Å². The van der Waals surface area contributed by atoms with Crippen LogP contribution in [0.25, 0.3) is 0 Å². The molecule has 4 nitrogen and oxygen atoms in total. The number of nitrogens with two attached hydrogens (primary N) is 1. The van der Waals surface area contributed by atoms with Crippen molar-refractivity contribution in [1.82, 2.24) is 5.32 Å². The fourth-order valence-electron chi connectivity index (χ4n) is 2.65. The molecule has 22 heavy (non-hydrogen) atoms. The van der Waals surface area contributed by atoms with E-state index in [-0.39, 0.29) is 24.0 Å². The molecular formula is C17H28IN3O. The average molecular weight is 417 g/mol. The molecule has 0 unspecified atom stereocenters. The molecule has 1 aliphatic rings.